The van der Waals surface area contributed by atoms with Crippen molar-refractivity contribution < 1.29 is 14.4 Å². The number of aryl methyl sites for hydroxylation is 2. The van der Waals surface area contributed by atoms with Gasteiger partial charge in [-0.25, -0.2) is 9.69 Å². The van der Waals surface area contributed by atoms with Gasteiger partial charge in [-0.1, -0.05) is 36.4 Å². The van der Waals surface area contributed by atoms with E-state index in [1.165, 1.54) is 11.1 Å². The molecular formula is C20H16N2O3. The highest BCUT2D eigenvalue weighted by atomic mass is 16.2. The zero-order valence-corrected chi connectivity index (χ0v) is 13.5. The van der Waals surface area contributed by atoms with Crippen LogP contribution in [0.25, 0.3) is 6.08 Å². The largest absolute Gasteiger partial charge is 0.335 e. The first-order chi connectivity index (χ1) is 12.1. The monoisotopic (exact) mass is 332 g/mol. The minimum atomic E-state index is -0.729. The molecule has 1 aliphatic heterocycles. The Kier molecular flexibility index (Phi) is 3.69. The van der Waals surface area contributed by atoms with E-state index in [2.05, 4.69) is 5.32 Å². The number of hydrogen-bond acceptors (Lipinski definition) is 3. The molecule has 2 aliphatic rings. The molecule has 0 bridgehead atoms. The van der Waals surface area contributed by atoms with Gasteiger partial charge in [-0.3, -0.25) is 14.9 Å². The molecule has 0 unspecified atom stereocenters. The Bertz CT molecular complexity index is 916. The number of carbonyl (C=O) groups is 3. The number of nitrogens with one attached hydrogen (secondary N) is 1. The van der Waals surface area contributed by atoms with Gasteiger partial charge in [0, 0.05) is 0 Å². The topological polar surface area (TPSA) is 66.5 Å². The summed E-state index contributed by atoms with van der Waals surface area (Å²) in [5.41, 5.74) is 3.76. The number of hydrogen-bond donors (Lipinski definition) is 1. The standard InChI is InChI=1S/C20H16N2O3/c23-18-17(12-13-9-10-14-5-4-6-15(14)11-13)19(24)22(20(25)21-18)16-7-2-1-3-8-16/h1-3,7-12H,4-6H2,(H,21,23,25)/b17-12+. The van der Waals surface area contributed by atoms with Crippen LogP contribution in [0.4, 0.5) is 10.5 Å². The number of anilines is 1. The number of benzene rings is 2. The summed E-state index contributed by atoms with van der Waals surface area (Å²) in [6.45, 7) is 0. The third kappa shape index (κ3) is 2.74. The molecule has 1 heterocycles. The molecule has 2 aromatic rings. The van der Waals surface area contributed by atoms with Crippen LogP contribution < -0.4 is 10.2 Å². The number of nitrogens with zero attached hydrogens (tertiary/aromatic N) is 1. The van der Waals surface area contributed by atoms with Gasteiger partial charge >= 0.3 is 6.03 Å². The van der Waals surface area contributed by atoms with Gasteiger partial charge in [-0.15, -0.1) is 0 Å². The third-order valence-corrected chi connectivity index (χ3v) is 4.55. The Labute approximate surface area is 145 Å². The van der Waals surface area contributed by atoms with E-state index >= 15 is 0 Å². The molecule has 0 atom stereocenters. The molecule has 0 aromatic heterocycles. The van der Waals surface area contributed by atoms with Crippen molar-refractivity contribution in [2.24, 2.45) is 0 Å². The maximum Gasteiger partial charge on any atom is 0.335 e. The molecular weight excluding hydrogens is 316 g/mol. The van der Waals surface area contributed by atoms with Gasteiger partial charge in [-0.05, 0) is 54.2 Å². The predicted octanol–water partition coefficient (Wildman–Crippen LogP) is 2.84. The van der Waals surface area contributed by atoms with Crippen LogP contribution >= 0.6 is 0 Å². The van der Waals surface area contributed by atoms with Crippen LogP contribution in [-0.4, -0.2) is 17.8 Å². The molecule has 0 radical (unpaired) electrons. The van der Waals surface area contributed by atoms with Crippen LogP contribution in [-0.2, 0) is 22.4 Å². The van der Waals surface area contributed by atoms with Gasteiger partial charge in [0.25, 0.3) is 11.8 Å². The summed E-state index contributed by atoms with van der Waals surface area (Å²) >= 11 is 0. The van der Waals surface area contributed by atoms with E-state index in [0.29, 0.717) is 5.69 Å². The summed E-state index contributed by atoms with van der Waals surface area (Å²) in [7, 11) is 0. The van der Waals surface area contributed by atoms with E-state index in [1.807, 2.05) is 18.2 Å². The van der Waals surface area contributed by atoms with Crippen molar-refractivity contribution in [2.75, 3.05) is 4.90 Å². The average molecular weight is 332 g/mol. The van der Waals surface area contributed by atoms with Crippen molar-refractivity contribution in [3.05, 3.63) is 70.8 Å². The second kappa shape index (κ2) is 6.02. The van der Waals surface area contributed by atoms with Crippen LogP contribution in [0, 0.1) is 0 Å². The average Bonchev–Trinajstić information content (AvgIpc) is 3.07. The van der Waals surface area contributed by atoms with Gasteiger partial charge in [-0.2, -0.15) is 0 Å². The second-order valence-corrected chi connectivity index (χ2v) is 6.18. The fraction of sp³-hybridized carbons (Fsp3) is 0.150. The molecule has 0 saturated carbocycles. The Morgan fingerprint density at radius 2 is 1.68 bits per heavy atom. The fourth-order valence-corrected chi connectivity index (χ4v) is 3.32. The maximum absolute atomic E-state index is 12.8. The first-order valence-corrected chi connectivity index (χ1v) is 8.22. The quantitative estimate of drug-likeness (QED) is 0.679. The van der Waals surface area contributed by atoms with Crippen LogP contribution in [0.5, 0.6) is 0 Å². The zero-order chi connectivity index (χ0) is 17.4. The number of rotatable bonds is 2. The van der Waals surface area contributed by atoms with Crippen LogP contribution in [0.1, 0.15) is 23.1 Å². The van der Waals surface area contributed by atoms with Crippen molar-refractivity contribution in [3.8, 4) is 0 Å². The Hall–Kier alpha value is -3.21. The number of barbiturate groups is 1. The highest BCUT2D eigenvalue weighted by molar-refractivity contribution is 6.39. The lowest BCUT2D eigenvalue weighted by Crippen LogP contribution is -2.54. The van der Waals surface area contributed by atoms with Gasteiger partial charge in [0.2, 0.25) is 0 Å². The van der Waals surface area contributed by atoms with Gasteiger partial charge in [0.1, 0.15) is 5.57 Å². The molecule has 1 aliphatic carbocycles. The molecule has 4 amide bonds. The van der Waals surface area contributed by atoms with Crippen molar-refractivity contribution in [3.63, 3.8) is 0 Å². The highest BCUT2D eigenvalue weighted by Crippen LogP contribution is 2.25. The minimum absolute atomic E-state index is 0.0404. The lowest BCUT2D eigenvalue weighted by atomic mass is 10.0. The second-order valence-electron chi connectivity index (χ2n) is 6.18. The number of para-hydroxylation sites is 1. The molecule has 2 aromatic carbocycles. The predicted molar refractivity (Wildman–Crippen MR) is 93.9 cm³/mol. The molecule has 25 heavy (non-hydrogen) atoms. The van der Waals surface area contributed by atoms with Crippen LogP contribution in [0.3, 0.4) is 0 Å². The summed E-state index contributed by atoms with van der Waals surface area (Å²) in [5.74, 6) is -1.27. The summed E-state index contributed by atoms with van der Waals surface area (Å²) in [6, 6.07) is 13.8. The fourth-order valence-electron chi connectivity index (χ4n) is 3.32. The lowest BCUT2D eigenvalue weighted by molar-refractivity contribution is -0.122. The first kappa shape index (κ1) is 15.3. The van der Waals surface area contributed by atoms with Gasteiger partial charge in [0.15, 0.2) is 0 Å². The maximum atomic E-state index is 12.8. The van der Waals surface area contributed by atoms with Gasteiger partial charge in [0.05, 0.1) is 5.69 Å². The lowest BCUT2D eigenvalue weighted by Gasteiger charge is -2.26. The molecule has 5 heteroatoms. The van der Waals surface area contributed by atoms with E-state index in [4.69, 9.17) is 0 Å². The first-order valence-electron chi connectivity index (χ1n) is 8.22. The minimum Gasteiger partial charge on any atom is -0.273 e. The molecule has 5 nitrogen and oxygen atoms in total. The van der Waals surface area contributed by atoms with Crippen LogP contribution in [0.2, 0.25) is 0 Å². The number of fused-ring (bicyclic) bond motifs is 1. The number of amides is 4. The molecule has 124 valence electrons. The molecule has 0 spiro atoms. The SMILES string of the molecule is O=C1NC(=O)N(c2ccccc2)C(=O)/C1=C/c1ccc2c(c1)CCC2. The molecule has 1 saturated heterocycles. The van der Waals surface area contributed by atoms with Crippen LogP contribution in [0.15, 0.2) is 54.1 Å². The number of carbonyl (C=O) groups excluding carboxylic acids is 3. The number of urea groups is 1. The zero-order valence-electron chi connectivity index (χ0n) is 13.5. The van der Waals surface area contributed by atoms with E-state index in [0.717, 1.165) is 29.7 Å². The summed E-state index contributed by atoms with van der Waals surface area (Å²) in [6.07, 6.45) is 4.77. The van der Waals surface area contributed by atoms with Crippen molar-refractivity contribution in [1.82, 2.24) is 5.32 Å². The summed E-state index contributed by atoms with van der Waals surface area (Å²) in [4.78, 5) is 38.0. The van der Waals surface area contributed by atoms with Crippen molar-refractivity contribution in [1.29, 1.82) is 0 Å². The molecule has 1 fully saturated rings. The Balaban J connectivity index is 1.72. The number of imide groups is 2. The van der Waals surface area contributed by atoms with Crippen molar-refractivity contribution >= 4 is 29.6 Å². The highest BCUT2D eigenvalue weighted by Gasteiger charge is 2.36. The summed E-state index contributed by atoms with van der Waals surface area (Å²) < 4.78 is 0. The van der Waals surface area contributed by atoms with E-state index in [-0.39, 0.29) is 5.57 Å². The Morgan fingerprint density at radius 3 is 2.48 bits per heavy atom. The smallest absolute Gasteiger partial charge is 0.273 e. The molecule has 4 rings (SSSR count). The van der Waals surface area contributed by atoms with E-state index < -0.39 is 17.8 Å². The van der Waals surface area contributed by atoms with E-state index in [9.17, 15) is 14.4 Å². The molecule has 1 N–H and O–H groups in total. The van der Waals surface area contributed by atoms with E-state index in [1.54, 1.807) is 36.4 Å². The third-order valence-electron chi connectivity index (χ3n) is 4.55. The Morgan fingerprint density at radius 1 is 0.920 bits per heavy atom. The normalized spacial score (nSPS) is 18.5. The summed E-state index contributed by atoms with van der Waals surface area (Å²) in [5, 5.41) is 2.24. The van der Waals surface area contributed by atoms with Gasteiger partial charge < -0.3 is 0 Å². The van der Waals surface area contributed by atoms with Crippen molar-refractivity contribution in [2.45, 2.75) is 19.3 Å².